The summed E-state index contributed by atoms with van der Waals surface area (Å²) in [5.41, 5.74) is 5.86. The fraction of sp³-hybridized carbons (Fsp3) is 0.867. The Hall–Kier alpha value is -0.810. The second-order valence-corrected chi connectivity index (χ2v) is 7.41. The number of fused-ring (bicyclic) bond motifs is 2. The van der Waals surface area contributed by atoms with Gasteiger partial charge in [-0.05, 0) is 58.8 Å². The van der Waals surface area contributed by atoms with Crippen LogP contribution < -0.4 is 16.4 Å². The van der Waals surface area contributed by atoms with Gasteiger partial charge in [-0.25, -0.2) is 0 Å². The van der Waals surface area contributed by atoms with Crippen LogP contribution in [0.2, 0.25) is 0 Å². The Kier molecular flexibility index (Phi) is 5.67. The molecule has 2 saturated carbocycles. The third kappa shape index (κ3) is 4.10. The van der Waals surface area contributed by atoms with Gasteiger partial charge in [0.25, 0.3) is 0 Å². The van der Waals surface area contributed by atoms with Crippen molar-refractivity contribution in [1.82, 2.24) is 10.6 Å². The number of nitrogens with one attached hydrogen (secondary N) is 2. The van der Waals surface area contributed by atoms with Crippen LogP contribution in [-0.2, 0) is 9.59 Å². The summed E-state index contributed by atoms with van der Waals surface area (Å²) in [4.78, 5) is 24.3. The molecule has 0 aromatic carbocycles. The van der Waals surface area contributed by atoms with Crippen molar-refractivity contribution in [3.05, 3.63) is 0 Å². The first kappa shape index (κ1) is 18.2. The summed E-state index contributed by atoms with van der Waals surface area (Å²) in [6.45, 7) is 7.49. The Morgan fingerprint density at radius 3 is 2.24 bits per heavy atom. The van der Waals surface area contributed by atoms with Gasteiger partial charge in [-0.1, -0.05) is 0 Å². The summed E-state index contributed by atoms with van der Waals surface area (Å²) in [7, 11) is 0. The summed E-state index contributed by atoms with van der Waals surface area (Å²) in [5.74, 6) is 0.588. The molecule has 0 aromatic rings. The minimum absolute atomic E-state index is 0. The van der Waals surface area contributed by atoms with E-state index in [0.717, 1.165) is 19.3 Å². The molecule has 6 heteroatoms. The second-order valence-electron chi connectivity index (χ2n) is 7.41. The van der Waals surface area contributed by atoms with Gasteiger partial charge in [-0.15, -0.1) is 12.4 Å². The molecule has 0 aliphatic heterocycles. The van der Waals surface area contributed by atoms with Crippen molar-refractivity contribution >= 4 is 24.2 Å². The lowest BCUT2D eigenvalue weighted by Gasteiger charge is -2.29. The zero-order chi connectivity index (χ0) is 15.1. The first-order valence-corrected chi connectivity index (χ1v) is 7.57. The van der Waals surface area contributed by atoms with Crippen LogP contribution in [0.5, 0.6) is 0 Å². The molecule has 2 aliphatic rings. The average molecular weight is 318 g/mol. The Morgan fingerprint density at radius 2 is 1.76 bits per heavy atom. The standard InChI is InChI=1S/C15H27N3O2.ClH/c1-8(13(19)18-15(2,3)4)17-14(20)11-9-5-6-10(7-9)12(11)16;/h8-12H,5-7,16H2,1-4H3,(H,17,20)(H,18,19);1H. The van der Waals surface area contributed by atoms with E-state index in [0.29, 0.717) is 11.8 Å². The number of hydrogen-bond donors (Lipinski definition) is 3. The van der Waals surface area contributed by atoms with Crippen LogP contribution in [0.1, 0.15) is 47.0 Å². The van der Waals surface area contributed by atoms with Crippen molar-refractivity contribution in [3.8, 4) is 0 Å². The van der Waals surface area contributed by atoms with E-state index in [1.807, 2.05) is 20.8 Å². The molecule has 2 amide bonds. The highest BCUT2D eigenvalue weighted by Crippen LogP contribution is 2.47. The van der Waals surface area contributed by atoms with Crippen molar-refractivity contribution < 1.29 is 9.59 Å². The SMILES string of the molecule is CC(NC(=O)C1C2CCC(C2)C1N)C(=O)NC(C)(C)C.Cl. The van der Waals surface area contributed by atoms with Gasteiger partial charge in [0.05, 0.1) is 5.92 Å². The molecule has 0 aromatic heterocycles. The van der Waals surface area contributed by atoms with Crippen LogP contribution in [0.3, 0.4) is 0 Å². The molecule has 21 heavy (non-hydrogen) atoms. The monoisotopic (exact) mass is 317 g/mol. The van der Waals surface area contributed by atoms with Gasteiger partial charge in [-0.2, -0.15) is 0 Å². The van der Waals surface area contributed by atoms with Crippen LogP contribution in [0.25, 0.3) is 0 Å². The Morgan fingerprint density at radius 1 is 1.19 bits per heavy atom. The summed E-state index contributed by atoms with van der Waals surface area (Å²) in [5, 5.41) is 5.70. The van der Waals surface area contributed by atoms with Gasteiger partial charge in [0.1, 0.15) is 6.04 Å². The Bertz CT molecular complexity index is 406. The van der Waals surface area contributed by atoms with E-state index in [1.165, 1.54) is 0 Å². The van der Waals surface area contributed by atoms with E-state index in [2.05, 4.69) is 10.6 Å². The van der Waals surface area contributed by atoms with E-state index in [-0.39, 0.29) is 41.7 Å². The molecule has 2 bridgehead atoms. The summed E-state index contributed by atoms with van der Waals surface area (Å²) < 4.78 is 0. The number of amides is 2. The number of carbonyl (C=O) groups is 2. The number of nitrogens with two attached hydrogens (primary N) is 1. The normalized spacial score (nSPS) is 32.2. The molecule has 4 N–H and O–H groups in total. The fourth-order valence-electron chi connectivity index (χ4n) is 3.58. The summed E-state index contributed by atoms with van der Waals surface area (Å²) >= 11 is 0. The molecule has 5 unspecified atom stereocenters. The van der Waals surface area contributed by atoms with Gasteiger partial charge in [0.15, 0.2) is 0 Å². The maximum atomic E-state index is 12.4. The first-order chi connectivity index (χ1) is 9.19. The zero-order valence-corrected chi connectivity index (χ0v) is 14.1. The lowest BCUT2D eigenvalue weighted by Crippen LogP contribution is -2.54. The Balaban J connectivity index is 0.00000220. The second kappa shape index (κ2) is 6.53. The molecule has 2 fully saturated rings. The molecule has 5 atom stereocenters. The summed E-state index contributed by atoms with van der Waals surface area (Å²) in [6, 6.07) is -0.556. The lowest BCUT2D eigenvalue weighted by molar-refractivity contribution is -0.132. The van der Waals surface area contributed by atoms with E-state index < -0.39 is 6.04 Å². The molecule has 122 valence electrons. The number of carbonyl (C=O) groups excluding carboxylic acids is 2. The molecule has 0 saturated heterocycles. The van der Waals surface area contributed by atoms with E-state index in [4.69, 9.17) is 5.73 Å². The molecule has 0 heterocycles. The van der Waals surface area contributed by atoms with Crippen molar-refractivity contribution in [3.63, 3.8) is 0 Å². The summed E-state index contributed by atoms with van der Waals surface area (Å²) in [6.07, 6.45) is 3.32. The van der Waals surface area contributed by atoms with Crippen molar-refractivity contribution in [2.75, 3.05) is 0 Å². The van der Waals surface area contributed by atoms with Gasteiger partial charge in [-0.3, -0.25) is 9.59 Å². The minimum atomic E-state index is -0.520. The molecule has 2 aliphatic carbocycles. The van der Waals surface area contributed by atoms with Crippen molar-refractivity contribution in [2.24, 2.45) is 23.5 Å². The van der Waals surface area contributed by atoms with Gasteiger partial charge in [0, 0.05) is 11.6 Å². The van der Waals surface area contributed by atoms with Gasteiger partial charge in [0.2, 0.25) is 11.8 Å². The van der Waals surface area contributed by atoms with E-state index in [1.54, 1.807) is 6.92 Å². The van der Waals surface area contributed by atoms with E-state index in [9.17, 15) is 9.59 Å². The van der Waals surface area contributed by atoms with Crippen LogP contribution in [-0.4, -0.2) is 29.4 Å². The highest BCUT2D eigenvalue weighted by molar-refractivity contribution is 5.89. The highest BCUT2D eigenvalue weighted by Gasteiger charge is 2.49. The zero-order valence-electron chi connectivity index (χ0n) is 13.3. The van der Waals surface area contributed by atoms with Crippen molar-refractivity contribution in [2.45, 2.75) is 64.6 Å². The van der Waals surface area contributed by atoms with E-state index >= 15 is 0 Å². The largest absolute Gasteiger partial charge is 0.350 e. The predicted molar refractivity (Wildman–Crippen MR) is 85.0 cm³/mol. The Labute approximate surface area is 133 Å². The molecule has 0 radical (unpaired) electrons. The van der Waals surface area contributed by atoms with Crippen LogP contribution >= 0.6 is 12.4 Å². The van der Waals surface area contributed by atoms with Gasteiger partial charge < -0.3 is 16.4 Å². The lowest BCUT2D eigenvalue weighted by atomic mass is 9.84. The molecule has 2 rings (SSSR count). The molecular weight excluding hydrogens is 290 g/mol. The predicted octanol–water partition coefficient (Wildman–Crippen LogP) is 1.20. The third-order valence-corrected chi connectivity index (χ3v) is 4.53. The van der Waals surface area contributed by atoms with Crippen LogP contribution in [0.15, 0.2) is 0 Å². The topological polar surface area (TPSA) is 84.2 Å². The third-order valence-electron chi connectivity index (χ3n) is 4.53. The number of hydrogen-bond acceptors (Lipinski definition) is 3. The molecule has 5 nitrogen and oxygen atoms in total. The maximum Gasteiger partial charge on any atom is 0.242 e. The highest BCUT2D eigenvalue weighted by atomic mass is 35.5. The average Bonchev–Trinajstić information content (AvgIpc) is 2.86. The van der Waals surface area contributed by atoms with Crippen LogP contribution in [0, 0.1) is 17.8 Å². The molecule has 0 spiro atoms. The quantitative estimate of drug-likeness (QED) is 0.731. The number of halogens is 1. The van der Waals surface area contributed by atoms with Crippen LogP contribution in [0.4, 0.5) is 0 Å². The smallest absolute Gasteiger partial charge is 0.242 e. The fourth-order valence-corrected chi connectivity index (χ4v) is 3.58. The number of rotatable bonds is 3. The minimum Gasteiger partial charge on any atom is -0.350 e. The molecular formula is C15H28ClN3O2. The maximum absolute atomic E-state index is 12.4. The van der Waals surface area contributed by atoms with Gasteiger partial charge >= 0.3 is 0 Å². The first-order valence-electron chi connectivity index (χ1n) is 7.57. The van der Waals surface area contributed by atoms with Crippen molar-refractivity contribution in [1.29, 1.82) is 0 Å².